The zero-order chi connectivity index (χ0) is 27.0. The van der Waals surface area contributed by atoms with Crippen LogP contribution in [0, 0.1) is 0 Å². The van der Waals surface area contributed by atoms with Crippen LogP contribution in [0.5, 0.6) is 0 Å². The number of nitrogens with one attached hydrogen (secondary N) is 4. The van der Waals surface area contributed by atoms with Gasteiger partial charge >= 0.3 is 0 Å². The van der Waals surface area contributed by atoms with E-state index in [1.807, 2.05) is 0 Å². The largest absolute Gasteiger partial charge is 0.301 e. The molecule has 4 N–H and O–H groups in total. The van der Waals surface area contributed by atoms with E-state index in [-0.39, 0.29) is 27.8 Å². The molecule has 1 atom stereocenters. The minimum atomic E-state index is -0.624. The number of ketones is 1. The van der Waals surface area contributed by atoms with Crippen molar-refractivity contribution < 1.29 is 4.79 Å². The molecular weight excluding hydrogens is 506 g/mol. The van der Waals surface area contributed by atoms with Crippen molar-refractivity contribution in [1.29, 1.82) is 0 Å². The fraction of sp³-hybridized carbons (Fsp3) is 0.581. The Labute approximate surface area is 233 Å². The standard InChI is InChI=1S/C31H46N4OP2/c1-29(2)20-24(36)21-30(3,4)38(29)26-13-12-23(18-22-10-6-5-7-11-22)19-25(26)31(37,27-32-14-8-15-33-27)28-34-16-9-17-35-28/h5-7,10-13,19,27-28,32-35H,8-9,14-18,20-21,37H2,1-4H3. The molecule has 2 aromatic carbocycles. The maximum atomic E-state index is 12.9. The van der Waals surface area contributed by atoms with Crippen LogP contribution in [0.15, 0.2) is 48.5 Å². The van der Waals surface area contributed by atoms with Crippen LogP contribution in [-0.4, -0.2) is 54.6 Å². The number of carbonyl (C=O) groups is 1. The Bertz CT molecular complexity index is 1090. The van der Waals surface area contributed by atoms with E-state index in [2.05, 4.69) is 107 Å². The van der Waals surface area contributed by atoms with Crippen molar-refractivity contribution in [2.24, 2.45) is 0 Å². The second kappa shape index (κ2) is 11.4. The van der Waals surface area contributed by atoms with E-state index in [1.54, 1.807) is 0 Å². The monoisotopic (exact) mass is 552 g/mol. The van der Waals surface area contributed by atoms with Crippen LogP contribution in [0.1, 0.15) is 70.1 Å². The molecule has 3 fully saturated rings. The van der Waals surface area contributed by atoms with E-state index < -0.39 is 7.92 Å². The fourth-order valence-corrected chi connectivity index (χ4v) is 12.3. The Balaban J connectivity index is 1.69. The normalized spacial score (nSPS) is 23.4. The molecule has 0 radical (unpaired) electrons. The minimum absolute atomic E-state index is 0.0592. The SMILES string of the molecule is CC1(C)CC(=O)CC(C)(C)P1c1ccc(Cc2ccccc2)cc1C(P)(C1NCCCN1)C1NCCCN1. The molecule has 1 unspecified atom stereocenters. The van der Waals surface area contributed by atoms with E-state index >= 15 is 0 Å². The van der Waals surface area contributed by atoms with Crippen molar-refractivity contribution in [2.45, 2.75) is 87.6 Å². The summed E-state index contributed by atoms with van der Waals surface area (Å²) in [6.45, 7) is 13.4. The predicted octanol–water partition coefficient (Wildman–Crippen LogP) is 4.19. The lowest BCUT2D eigenvalue weighted by atomic mass is 9.87. The maximum absolute atomic E-state index is 12.9. The van der Waals surface area contributed by atoms with Gasteiger partial charge in [-0.15, -0.1) is 9.24 Å². The third-order valence-electron chi connectivity index (χ3n) is 8.55. The van der Waals surface area contributed by atoms with Crippen molar-refractivity contribution in [3.8, 4) is 0 Å². The van der Waals surface area contributed by atoms with Crippen LogP contribution in [0.25, 0.3) is 0 Å². The number of rotatable bonds is 6. The summed E-state index contributed by atoms with van der Waals surface area (Å²) in [5.74, 6) is 0.407. The van der Waals surface area contributed by atoms with E-state index in [0.717, 1.165) is 45.4 Å². The molecule has 0 aromatic heterocycles. The van der Waals surface area contributed by atoms with Gasteiger partial charge in [-0.2, -0.15) is 0 Å². The van der Waals surface area contributed by atoms with Crippen molar-refractivity contribution in [3.05, 3.63) is 65.2 Å². The third-order valence-corrected chi connectivity index (χ3v) is 13.1. The Hall–Kier alpha value is -1.19. The first-order valence-electron chi connectivity index (χ1n) is 14.3. The quantitative estimate of drug-likeness (QED) is 0.405. The second-order valence-electron chi connectivity index (χ2n) is 12.7. The summed E-state index contributed by atoms with van der Waals surface area (Å²) in [5, 5.41) is 16.4. The summed E-state index contributed by atoms with van der Waals surface area (Å²) in [5.41, 5.74) is 4.07. The maximum Gasteiger partial charge on any atom is 0.134 e. The molecule has 5 rings (SSSR count). The van der Waals surface area contributed by atoms with Crippen molar-refractivity contribution in [1.82, 2.24) is 21.3 Å². The highest BCUT2D eigenvalue weighted by molar-refractivity contribution is 7.69. The molecule has 3 aliphatic heterocycles. The van der Waals surface area contributed by atoms with E-state index in [4.69, 9.17) is 0 Å². The summed E-state index contributed by atoms with van der Waals surface area (Å²) < 4.78 is 0. The molecular formula is C31H46N4OP2. The molecule has 0 spiro atoms. The lowest BCUT2D eigenvalue weighted by Gasteiger charge is -2.53. The molecule has 0 bridgehead atoms. The number of hydrogen-bond acceptors (Lipinski definition) is 5. The van der Waals surface area contributed by atoms with E-state index in [0.29, 0.717) is 18.6 Å². The van der Waals surface area contributed by atoms with Gasteiger partial charge in [0.25, 0.3) is 0 Å². The van der Waals surface area contributed by atoms with Gasteiger partial charge in [0.05, 0.1) is 17.5 Å². The van der Waals surface area contributed by atoms with Gasteiger partial charge in [-0.1, -0.05) is 84.1 Å². The summed E-state index contributed by atoms with van der Waals surface area (Å²) >= 11 is 0. The number of Topliss-reactive ketones (excluding diaryl/α,β-unsaturated/α-hetero) is 1. The Kier molecular flexibility index (Phi) is 8.47. The van der Waals surface area contributed by atoms with Gasteiger partial charge in [0.2, 0.25) is 0 Å². The van der Waals surface area contributed by atoms with Crippen molar-refractivity contribution in [3.63, 3.8) is 0 Å². The molecule has 0 saturated carbocycles. The van der Waals surface area contributed by atoms with E-state index in [1.165, 1.54) is 22.0 Å². The molecule has 3 heterocycles. The highest BCUT2D eigenvalue weighted by Crippen LogP contribution is 2.65. The number of carbonyl (C=O) groups excluding carboxylic acids is 1. The highest BCUT2D eigenvalue weighted by Gasteiger charge is 2.52. The van der Waals surface area contributed by atoms with Gasteiger partial charge in [0, 0.05) is 12.8 Å². The van der Waals surface area contributed by atoms with Crippen LogP contribution in [0.3, 0.4) is 0 Å². The summed E-state index contributed by atoms with van der Waals surface area (Å²) in [7, 11) is 2.71. The summed E-state index contributed by atoms with van der Waals surface area (Å²) in [4.78, 5) is 12.9. The van der Waals surface area contributed by atoms with Crippen LogP contribution in [0.4, 0.5) is 0 Å². The van der Waals surface area contributed by atoms with Crippen LogP contribution in [0.2, 0.25) is 0 Å². The summed E-state index contributed by atoms with van der Waals surface area (Å²) in [6.07, 6.45) is 4.74. The highest BCUT2D eigenvalue weighted by atomic mass is 31.1. The first kappa shape index (κ1) is 28.3. The fourth-order valence-electron chi connectivity index (χ4n) is 7.18. The van der Waals surface area contributed by atoms with Gasteiger partial charge < -0.3 is 21.3 Å². The first-order chi connectivity index (χ1) is 18.1. The molecule has 7 heteroatoms. The lowest BCUT2D eigenvalue weighted by molar-refractivity contribution is -0.120. The predicted molar refractivity (Wildman–Crippen MR) is 165 cm³/mol. The van der Waals surface area contributed by atoms with Gasteiger partial charge in [-0.05, 0) is 77.7 Å². The topological polar surface area (TPSA) is 65.2 Å². The Morgan fingerprint density at radius 3 is 1.87 bits per heavy atom. The van der Waals surface area contributed by atoms with Crippen LogP contribution in [-0.2, 0) is 16.4 Å². The van der Waals surface area contributed by atoms with Gasteiger partial charge in [-0.25, -0.2) is 0 Å². The smallest absolute Gasteiger partial charge is 0.134 e. The number of benzene rings is 2. The first-order valence-corrected chi connectivity index (χ1v) is 16.2. The second-order valence-corrected chi connectivity index (χ2v) is 17.2. The number of hydrogen-bond donors (Lipinski definition) is 4. The molecule has 5 nitrogen and oxygen atoms in total. The minimum Gasteiger partial charge on any atom is -0.301 e. The van der Waals surface area contributed by atoms with Gasteiger partial charge in [0.1, 0.15) is 5.78 Å². The molecule has 3 saturated heterocycles. The molecule has 206 valence electrons. The summed E-state index contributed by atoms with van der Waals surface area (Å²) in [6, 6.07) is 18.1. The molecule has 0 amide bonds. The zero-order valence-corrected chi connectivity index (χ0v) is 25.6. The molecule has 2 aromatic rings. The zero-order valence-electron chi connectivity index (χ0n) is 23.6. The molecule has 38 heavy (non-hydrogen) atoms. The van der Waals surface area contributed by atoms with Crippen molar-refractivity contribution in [2.75, 3.05) is 26.2 Å². The van der Waals surface area contributed by atoms with Crippen LogP contribution >= 0.6 is 17.2 Å². The average molecular weight is 553 g/mol. The Morgan fingerprint density at radius 2 is 1.34 bits per heavy atom. The van der Waals surface area contributed by atoms with Gasteiger partial charge in [0.15, 0.2) is 0 Å². The third kappa shape index (κ3) is 5.67. The van der Waals surface area contributed by atoms with Crippen molar-refractivity contribution >= 4 is 28.2 Å². The lowest BCUT2D eigenvalue weighted by Crippen LogP contribution is -2.69. The van der Waals surface area contributed by atoms with Gasteiger partial charge in [-0.3, -0.25) is 4.79 Å². The molecule has 0 aliphatic carbocycles. The molecule has 3 aliphatic rings. The average Bonchev–Trinajstić information content (AvgIpc) is 2.89. The Morgan fingerprint density at radius 1 is 0.816 bits per heavy atom. The van der Waals surface area contributed by atoms with E-state index in [9.17, 15) is 4.79 Å². The van der Waals surface area contributed by atoms with Crippen LogP contribution < -0.4 is 26.6 Å².